The quantitative estimate of drug-likeness (QED) is 0.696. The molecule has 2 rings (SSSR count). The minimum absolute atomic E-state index is 0.324. The maximum absolute atomic E-state index is 12.2. The Hall–Kier alpha value is -3.35. The van der Waals surface area contributed by atoms with Gasteiger partial charge in [-0.1, -0.05) is 30.3 Å². The van der Waals surface area contributed by atoms with Crippen LogP contribution in [-0.2, 0) is 14.3 Å². The van der Waals surface area contributed by atoms with Gasteiger partial charge in [0.05, 0.1) is 12.2 Å². The molecule has 0 aromatic heterocycles. The van der Waals surface area contributed by atoms with Gasteiger partial charge in [-0.2, -0.15) is 0 Å². The van der Waals surface area contributed by atoms with E-state index in [0.717, 1.165) is 5.56 Å². The standard InChI is InChI=1S/C20H22N2O5/c1-3-26-17-11-7-5-9-15(17)20(25)21-12-19(24)27-13-18(23)22-16-10-6-4-8-14(16)2/h4-11H,3,12-13H2,1-2H3,(H,21,25)(H,22,23). The van der Waals surface area contributed by atoms with Gasteiger partial charge in [-0.25, -0.2) is 0 Å². The molecule has 2 aromatic rings. The number of anilines is 1. The number of ether oxygens (including phenoxy) is 2. The van der Waals surface area contributed by atoms with Crippen molar-refractivity contribution >= 4 is 23.5 Å². The zero-order valence-electron chi connectivity index (χ0n) is 15.3. The molecule has 2 amide bonds. The predicted molar refractivity (Wildman–Crippen MR) is 101 cm³/mol. The van der Waals surface area contributed by atoms with E-state index in [1.807, 2.05) is 26.0 Å². The van der Waals surface area contributed by atoms with Gasteiger partial charge in [0.15, 0.2) is 6.61 Å². The lowest BCUT2D eigenvalue weighted by Gasteiger charge is -2.11. The lowest BCUT2D eigenvalue weighted by Crippen LogP contribution is -2.32. The van der Waals surface area contributed by atoms with Crippen LogP contribution in [0, 0.1) is 6.92 Å². The zero-order chi connectivity index (χ0) is 19.6. The summed E-state index contributed by atoms with van der Waals surface area (Å²) < 4.78 is 10.3. The van der Waals surface area contributed by atoms with Gasteiger partial charge in [-0.15, -0.1) is 0 Å². The highest BCUT2D eigenvalue weighted by Gasteiger charge is 2.14. The Morgan fingerprint density at radius 2 is 1.70 bits per heavy atom. The zero-order valence-corrected chi connectivity index (χ0v) is 15.3. The van der Waals surface area contributed by atoms with Crippen molar-refractivity contribution in [3.8, 4) is 5.75 Å². The Balaban J connectivity index is 1.78. The smallest absolute Gasteiger partial charge is 0.325 e. The summed E-state index contributed by atoms with van der Waals surface area (Å²) in [5.74, 6) is -1.19. The van der Waals surface area contributed by atoms with Gasteiger partial charge in [0, 0.05) is 5.69 Å². The molecule has 0 bridgehead atoms. The highest BCUT2D eigenvalue weighted by molar-refractivity contribution is 5.98. The first-order chi connectivity index (χ1) is 13.0. The lowest BCUT2D eigenvalue weighted by atomic mass is 10.2. The fourth-order valence-corrected chi connectivity index (χ4v) is 2.28. The minimum atomic E-state index is -0.711. The van der Waals surface area contributed by atoms with Crippen molar-refractivity contribution < 1.29 is 23.9 Å². The van der Waals surface area contributed by atoms with Crippen molar-refractivity contribution in [2.75, 3.05) is 25.1 Å². The molecule has 0 atom stereocenters. The molecular weight excluding hydrogens is 348 g/mol. The summed E-state index contributed by atoms with van der Waals surface area (Å²) in [7, 11) is 0. The second-order valence-corrected chi connectivity index (χ2v) is 5.64. The molecule has 0 aliphatic carbocycles. The fraction of sp³-hybridized carbons (Fsp3) is 0.250. The number of amides is 2. The molecule has 0 aliphatic heterocycles. The average Bonchev–Trinajstić information content (AvgIpc) is 2.67. The van der Waals surface area contributed by atoms with Gasteiger partial charge in [-0.3, -0.25) is 14.4 Å². The van der Waals surface area contributed by atoms with E-state index in [4.69, 9.17) is 9.47 Å². The average molecular weight is 370 g/mol. The number of hydrogen-bond acceptors (Lipinski definition) is 5. The Labute approximate surface area is 157 Å². The summed E-state index contributed by atoms with van der Waals surface area (Å²) in [4.78, 5) is 35.8. The van der Waals surface area contributed by atoms with E-state index in [2.05, 4.69) is 10.6 Å². The number of carbonyl (C=O) groups is 3. The molecule has 7 nitrogen and oxygen atoms in total. The van der Waals surface area contributed by atoms with Crippen molar-refractivity contribution in [1.29, 1.82) is 0 Å². The number of nitrogens with one attached hydrogen (secondary N) is 2. The maximum atomic E-state index is 12.2. The van der Waals surface area contributed by atoms with Gasteiger partial charge >= 0.3 is 5.97 Å². The summed E-state index contributed by atoms with van der Waals surface area (Å²) in [6, 6.07) is 14.0. The number of carbonyl (C=O) groups excluding carboxylic acids is 3. The first-order valence-electron chi connectivity index (χ1n) is 8.52. The molecule has 0 spiro atoms. The molecule has 7 heteroatoms. The van der Waals surface area contributed by atoms with E-state index < -0.39 is 24.4 Å². The summed E-state index contributed by atoms with van der Waals surface area (Å²) in [5, 5.41) is 5.11. The number of hydrogen-bond donors (Lipinski definition) is 2. The van der Waals surface area contributed by atoms with Gasteiger partial charge in [-0.05, 0) is 37.6 Å². The van der Waals surface area contributed by atoms with E-state index in [-0.39, 0.29) is 6.54 Å². The van der Waals surface area contributed by atoms with Crippen LogP contribution in [0.5, 0.6) is 5.75 Å². The Bertz CT molecular complexity index is 820. The number of aryl methyl sites for hydroxylation is 1. The Morgan fingerprint density at radius 3 is 2.44 bits per heavy atom. The maximum Gasteiger partial charge on any atom is 0.325 e. The number of benzene rings is 2. The fourth-order valence-electron chi connectivity index (χ4n) is 2.28. The van der Waals surface area contributed by atoms with Crippen LogP contribution >= 0.6 is 0 Å². The summed E-state index contributed by atoms with van der Waals surface area (Å²) in [6.07, 6.45) is 0. The van der Waals surface area contributed by atoms with Gasteiger partial charge in [0.1, 0.15) is 12.3 Å². The topological polar surface area (TPSA) is 93.7 Å². The monoisotopic (exact) mass is 370 g/mol. The molecule has 0 unspecified atom stereocenters. The van der Waals surface area contributed by atoms with E-state index in [0.29, 0.717) is 23.6 Å². The molecule has 0 radical (unpaired) electrons. The normalized spacial score (nSPS) is 10.0. The SMILES string of the molecule is CCOc1ccccc1C(=O)NCC(=O)OCC(=O)Nc1ccccc1C. The molecule has 0 aliphatic rings. The van der Waals surface area contributed by atoms with Crippen molar-refractivity contribution in [2.45, 2.75) is 13.8 Å². The summed E-state index contributed by atoms with van der Waals surface area (Å²) in [5.41, 5.74) is 1.88. The molecule has 2 N–H and O–H groups in total. The highest BCUT2D eigenvalue weighted by Crippen LogP contribution is 2.17. The third-order valence-electron chi connectivity index (χ3n) is 3.61. The highest BCUT2D eigenvalue weighted by atomic mass is 16.5. The molecule has 0 saturated carbocycles. The predicted octanol–water partition coefficient (Wildman–Crippen LogP) is 2.31. The number of para-hydroxylation sites is 2. The van der Waals surface area contributed by atoms with Crippen LogP contribution < -0.4 is 15.4 Å². The van der Waals surface area contributed by atoms with Crippen molar-refractivity contribution in [3.63, 3.8) is 0 Å². The van der Waals surface area contributed by atoms with E-state index in [1.54, 1.807) is 36.4 Å². The van der Waals surface area contributed by atoms with Crippen molar-refractivity contribution in [1.82, 2.24) is 5.32 Å². The first kappa shape index (κ1) is 20.0. The second kappa shape index (κ2) is 9.96. The largest absolute Gasteiger partial charge is 0.493 e. The molecule has 0 saturated heterocycles. The van der Waals surface area contributed by atoms with E-state index in [9.17, 15) is 14.4 Å². The molecule has 0 fully saturated rings. The Morgan fingerprint density at radius 1 is 1.00 bits per heavy atom. The van der Waals surface area contributed by atoms with Crippen molar-refractivity contribution in [3.05, 3.63) is 59.7 Å². The van der Waals surface area contributed by atoms with Gasteiger partial charge in [0.2, 0.25) is 0 Å². The van der Waals surface area contributed by atoms with Crippen LogP contribution in [0.2, 0.25) is 0 Å². The lowest BCUT2D eigenvalue weighted by molar-refractivity contribution is -0.146. The van der Waals surface area contributed by atoms with Crippen LogP contribution in [0.1, 0.15) is 22.8 Å². The first-order valence-corrected chi connectivity index (χ1v) is 8.52. The number of rotatable bonds is 8. The van der Waals surface area contributed by atoms with E-state index in [1.165, 1.54) is 0 Å². The van der Waals surface area contributed by atoms with Crippen LogP contribution in [0.3, 0.4) is 0 Å². The van der Waals surface area contributed by atoms with Crippen LogP contribution in [0.15, 0.2) is 48.5 Å². The third-order valence-corrected chi connectivity index (χ3v) is 3.61. The van der Waals surface area contributed by atoms with Crippen LogP contribution in [-0.4, -0.2) is 37.5 Å². The molecule has 27 heavy (non-hydrogen) atoms. The van der Waals surface area contributed by atoms with E-state index >= 15 is 0 Å². The summed E-state index contributed by atoms with van der Waals surface area (Å²) in [6.45, 7) is 3.31. The second-order valence-electron chi connectivity index (χ2n) is 5.64. The third kappa shape index (κ3) is 6.14. The molecule has 0 heterocycles. The van der Waals surface area contributed by atoms with Crippen LogP contribution in [0.25, 0.3) is 0 Å². The van der Waals surface area contributed by atoms with Gasteiger partial charge in [0.25, 0.3) is 11.8 Å². The van der Waals surface area contributed by atoms with Gasteiger partial charge < -0.3 is 20.1 Å². The molecule has 142 valence electrons. The Kier molecular flexibility index (Phi) is 7.37. The number of esters is 1. The summed E-state index contributed by atoms with van der Waals surface area (Å²) >= 11 is 0. The molecule has 2 aromatic carbocycles. The van der Waals surface area contributed by atoms with Crippen LogP contribution in [0.4, 0.5) is 5.69 Å². The van der Waals surface area contributed by atoms with Crippen molar-refractivity contribution in [2.24, 2.45) is 0 Å². The minimum Gasteiger partial charge on any atom is -0.493 e. The molecular formula is C20H22N2O5.